The van der Waals surface area contributed by atoms with Gasteiger partial charge in [0.15, 0.2) is 0 Å². The zero-order chi connectivity index (χ0) is 8.60. The van der Waals surface area contributed by atoms with Crippen LogP contribution >= 0.6 is 11.3 Å². The van der Waals surface area contributed by atoms with Gasteiger partial charge in [0.1, 0.15) is 0 Å². The number of hydrogen-bond acceptors (Lipinski definition) is 2. The molecule has 1 aliphatic carbocycles. The standard InChI is InChI=1S/C10H15NS/c1-8-5-9(12-7-8)6-10(11-2)3-4-10/h5,7,11H,3-4,6H2,1-2H3. The third kappa shape index (κ3) is 1.54. The molecule has 0 bridgehead atoms. The van der Waals surface area contributed by atoms with Gasteiger partial charge in [-0.05, 0) is 50.2 Å². The quantitative estimate of drug-likeness (QED) is 0.755. The van der Waals surface area contributed by atoms with E-state index in [1.807, 2.05) is 11.3 Å². The Morgan fingerprint density at radius 1 is 1.58 bits per heavy atom. The van der Waals surface area contributed by atoms with Crippen LogP contribution in [-0.2, 0) is 6.42 Å². The van der Waals surface area contributed by atoms with Gasteiger partial charge in [0.25, 0.3) is 0 Å². The van der Waals surface area contributed by atoms with Gasteiger partial charge in [-0.25, -0.2) is 0 Å². The zero-order valence-corrected chi connectivity index (χ0v) is 8.50. The van der Waals surface area contributed by atoms with E-state index in [2.05, 4.69) is 30.7 Å². The molecule has 0 radical (unpaired) electrons. The molecule has 1 N–H and O–H groups in total. The lowest BCUT2D eigenvalue weighted by Gasteiger charge is -2.11. The van der Waals surface area contributed by atoms with Crippen LogP contribution < -0.4 is 5.32 Å². The van der Waals surface area contributed by atoms with Crippen molar-refractivity contribution in [3.63, 3.8) is 0 Å². The Morgan fingerprint density at radius 2 is 2.33 bits per heavy atom. The molecule has 0 amide bonds. The first-order valence-electron chi connectivity index (χ1n) is 4.47. The van der Waals surface area contributed by atoms with Gasteiger partial charge in [-0.3, -0.25) is 0 Å². The van der Waals surface area contributed by atoms with E-state index >= 15 is 0 Å². The number of nitrogens with one attached hydrogen (secondary N) is 1. The van der Waals surface area contributed by atoms with Gasteiger partial charge in [0, 0.05) is 10.4 Å². The van der Waals surface area contributed by atoms with Crippen molar-refractivity contribution in [3.05, 3.63) is 21.9 Å². The summed E-state index contributed by atoms with van der Waals surface area (Å²) in [5.41, 5.74) is 1.87. The largest absolute Gasteiger partial charge is 0.314 e. The summed E-state index contributed by atoms with van der Waals surface area (Å²) < 4.78 is 0. The number of aryl methyl sites for hydroxylation is 1. The molecular formula is C10H15NS. The molecule has 1 fully saturated rings. The lowest BCUT2D eigenvalue weighted by Crippen LogP contribution is -2.29. The van der Waals surface area contributed by atoms with Gasteiger partial charge >= 0.3 is 0 Å². The molecule has 0 aliphatic heterocycles. The lowest BCUT2D eigenvalue weighted by molar-refractivity contribution is 0.553. The predicted molar refractivity (Wildman–Crippen MR) is 53.8 cm³/mol. The summed E-state index contributed by atoms with van der Waals surface area (Å²) in [5.74, 6) is 0. The average Bonchev–Trinajstić information content (AvgIpc) is 2.71. The number of thiophene rings is 1. The first kappa shape index (κ1) is 8.27. The maximum atomic E-state index is 3.42. The van der Waals surface area contributed by atoms with E-state index in [1.165, 1.54) is 29.7 Å². The van der Waals surface area contributed by atoms with Crippen LogP contribution in [0.1, 0.15) is 23.3 Å². The minimum absolute atomic E-state index is 0.470. The van der Waals surface area contributed by atoms with Crippen LogP contribution in [0.25, 0.3) is 0 Å². The maximum Gasteiger partial charge on any atom is 0.0228 e. The van der Waals surface area contributed by atoms with Crippen molar-refractivity contribution < 1.29 is 0 Å². The van der Waals surface area contributed by atoms with Crippen molar-refractivity contribution in [3.8, 4) is 0 Å². The Morgan fingerprint density at radius 3 is 2.75 bits per heavy atom. The summed E-state index contributed by atoms with van der Waals surface area (Å²) in [6.07, 6.45) is 3.92. The molecule has 66 valence electrons. The van der Waals surface area contributed by atoms with E-state index < -0.39 is 0 Å². The van der Waals surface area contributed by atoms with Gasteiger partial charge in [-0.2, -0.15) is 0 Å². The normalized spacial score (nSPS) is 19.5. The fourth-order valence-corrected chi connectivity index (χ4v) is 2.60. The third-order valence-electron chi connectivity index (χ3n) is 2.68. The Kier molecular flexibility index (Phi) is 1.97. The van der Waals surface area contributed by atoms with Gasteiger partial charge in [-0.1, -0.05) is 0 Å². The first-order valence-corrected chi connectivity index (χ1v) is 5.35. The highest BCUT2D eigenvalue weighted by Crippen LogP contribution is 2.39. The molecule has 2 heteroatoms. The van der Waals surface area contributed by atoms with Crippen LogP contribution in [0.2, 0.25) is 0 Å². The molecule has 1 aromatic heterocycles. The van der Waals surface area contributed by atoms with Gasteiger partial charge in [0.2, 0.25) is 0 Å². The molecule has 1 heterocycles. The molecule has 1 aromatic rings. The third-order valence-corrected chi connectivity index (χ3v) is 3.74. The zero-order valence-electron chi connectivity index (χ0n) is 7.68. The van der Waals surface area contributed by atoms with Crippen LogP contribution in [0.15, 0.2) is 11.4 Å². The molecule has 0 unspecified atom stereocenters. The van der Waals surface area contributed by atoms with Crippen molar-refractivity contribution in [2.24, 2.45) is 0 Å². The smallest absolute Gasteiger partial charge is 0.0228 e. The Bertz CT molecular complexity index is 273. The van der Waals surface area contributed by atoms with Crippen molar-refractivity contribution in [2.75, 3.05) is 7.05 Å². The summed E-state index contributed by atoms with van der Waals surface area (Å²) >= 11 is 1.89. The lowest BCUT2D eigenvalue weighted by atomic mass is 10.1. The Hall–Kier alpha value is -0.340. The predicted octanol–water partition coefficient (Wildman–Crippen LogP) is 2.35. The van der Waals surface area contributed by atoms with Crippen LogP contribution in [-0.4, -0.2) is 12.6 Å². The topological polar surface area (TPSA) is 12.0 Å². The second kappa shape index (κ2) is 2.86. The van der Waals surface area contributed by atoms with E-state index in [9.17, 15) is 0 Å². The van der Waals surface area contributed by atoms with Crippen LogP contribution in [0.4, 0.5) is 0 Å². The summed E-state index contributed by atoms with van der Waals surface area (Å²) in [6.45, 7) is 2.17. The molecule has 0 atom stereocenters. The van der Waals surface area contributed by atoms with E-state index in [0.717, 1.165) is 0 Å². The minimum atomic E-state index is 0.470. The molecule has 1 aliphatic rings. The Balaban J connectivity index is 2.04. The van der Waals surface area contributed by atoms with Crippen LogP contribution in [0, 0.1) is 6.92 Å². The van der Waals surface area contributed by atoms with E-state index in [-0.39, 0.29) is 0 Å². The van der Waals surface area contributed by atoms with Crippen molar-refractivity contribution in [1.29, 1.82) is 0 Å². The molecule has 1 nitrogen and oxygen atoms in total. The average molecular weight is 181 g/mol. The van der Waals surface area contributed by atoms with Crippen molar-refractivity contribution in [1.82, 2.24) is 5.32 Å². The molecule has 0 saturated heterocycles. The first-order chi connectivity index (χ1) is 5.74. The fraction of sp³-hybridized carbons (Fsp3) is 0.600. The summed E-state index contributed by atoms with van der Waals surface area (Å²) in [4.78, 5) is 1.53. The SMILES string of the molecule is CNC1(Cc2cc(C)cs2)CC1. The monoisotopic (exact) mass is 181 g/mol. The molecule has 2 rings (SSSR count). The van der Waals surface area contributed by atoms with Gasteiger partial charge in [-0.15, -0.1) is 11.3 Å². The summed E-state index contributed by atoms with van der Waals surface area (Å²) in [7, 11) is 2.08. The van der Waals surface area contributed by atoms with Crippen LogP contribution in [0.5, 0.6) is 0 Å². The van der Waals surface area contributed by atoms with Gasteiger partial charge < -0.3 is 5.32 Å². The molecular weight excluding hydrogens is 166 g/mol. The number of rotatable bonds is 3. The highest BCUT2D eigenvalue weighted by Gasteiger charge is 2.40. The van der Waals surface area contributed by atoms with E-state index in [1.54, 1.807) is 0 Å². The second-order valence-corrected chi connectivity index (χ2v) is 4.79. The second-order valence-electron chi connectivity index (χ2n) is 3.80. The maximum absolute atomic E-state index is 3.42. The summed E-state index contributed by atoms with van der Waals surface area (Å²) in [5, 5.41) is 5.65. The molecule has 0 aromatic carbocycles. The van der Waals surface area contributed by atoms with Crippen LogP contribution in [0.3, 0.4) is 0 Å². The van der Waals surface area contributed by atoms with E-state index in [4.69, 9.17) is 0 Å². The van der Waals surface area contributed by atoms with E-state index in [0.29, 0.717) is 5.54 Å². The molecule has 12 heavy (non-hydrogen) atoms. The Labute approximate surface area is 77.8 Å². The molecule has 0 spiro atoms. The highest BCUT2D eigenvalue weighted by molar-refractivity contribution is 7.10. The number of hydrogen-bond donors (Lipinski definition) is 1. The fourth-order valence-electron chi connectivity index (χ4n) is 1.58. The van der Waals surface area contributed by atoms with Crippen molar-refractivity contribution >= 4 is 11.3 Å². The van der Waals surface area contributed by atoms with Gasteiger partial charge in [0.05, 0.1) is 0 Å². The number of likely N-dealkylation sites (N-methyl/N-ethyl adjacent to an activating group) is 1. The van der Waals surface area contributed by atoms with Crippen molar-refractivity contribution in [2.45, 2.75) is 31.7 Å². The minimum Gasteiger partial charge on any atom is -0.314 e. The molecule has 1 saturated carbocycles. The summed E-state index contributed by atoms with van der Waals surface area (Å²) in [6, 6.07) is 2.31. The highest BCUT2D eigenvalue weighted by atomic mass is 32.1.